The zero-order valence-corrected chi connectivity index (χ0v) is 8.05. The molecule has 1 aliphatic heterocycles. The van der Waals surface area contributed by atoms with E-state index in [0.717, 1.165) is 5.75 Å². The topological polar surface area (TPSA) is 18.5 Å². The third kappa shape index (κ3) is 0.951. The number of fused-ring (bicyclic) bond motifs is 1. The van der Waals surface area contributed by atoms with Crippen LogP contribution in [0.3, 0.4) is 0 Å². The Morgan fingerprint density at radius 3 is 3.00 bits per heavy atom. The molecule has 0 aromatic heterocycles. The molecule has 0 fully saturated rings. The SMILES string of the molecule is c1cc[c]2c(c1)O[O][Bi]2. The van der Waals surface area contributed by atoms with Gasteiger partial charge in [0, 0.05) is 0 Å². The van der Waals surface area contributed by atoms with Gasteiger partial charge in [-0.25, -0.2) is 0 Å². The number of hydrogen-bond acceptors (Lipinski definition) is 2. The number of benzene rings is 1. The molecule has 1 radical (unpaired) electrons. The molecule has 3 heteroatoms. The Bertz CT molecular complexity index is 201. The van der Waals surface area contributed by atoms with Crippen LogP contribution in [0.15, 0.2) is 24.3 Å². The Balaban J connectivity index is 2.54. The van der Waals surface area contributed by atoms with Gasteiger partial charge in [-0.05, 0) is 0 Å². The van der Waals surface area contributed by atoms with Crippen LogP contribution in [0.4, 0.5) is 0 Å². The summed E-state index contributed by atoms with van der Waals surface area (Å²) in [6, 6.07) is 7.97. The van der Waals surface area contributed by atoms with E-state index in [1.54, 1.807) is 0 Å². The fraction of sp³-hybridized carbons (Fsp3) is 0. The summed E-state index contributed by atoms with van der Waals surface area (Å²) in [6.45, 7) is 0. The average molecular weight is 317 g/mol. The first-order valence-corrected chi connectivity index (χ1v) is 5.76. The minimum absolute atomic E-state index is 0.864. The molecule has 0 N–H and O–H groups in total. The van der Waals surface area contributed by atoms with Gasteiger partial charge in [0.1, 0.15) is 0 Å². The molecule has 2 rings (SSSR count). The summed E-state index contributed by atoms with van der Waals surface area (Å²) < 4.78 is 6.20. The molecule has 1 aliphatic rings. The van der Waals surface area contributed by atoms with Gasteiger partial charge in [0.15, 0.2) is 0 Å². The second kappa shape index (κ2) is 2.24. The van der Waals surface area contributed by atoms with Gasteiger partial charge in [-0.2, -0.15) is 0 Å². The quantitative estimate of drug-likeness (QED) is 0.505. The third-order valence-corrected chi connectivity index (χ3v) is 3.91. The standard InChI is InChI=1S/C6H5O2.Bi/c7-8-6-4-2-1-3-5-6;/h1-4,7H;/q;+1/p-1. The van der Waals surface area contributed by atoms with E-state index < -0.39 is 23.7 Å². The molecule has 0 saturated heterocycles. The van der Waals surface area contributed by atoms with Crippen LogP contribution < -0.4 is 8.16 Å². The molecule has 0 amide bonds. The molecule has 0 atom stereocenters. The van der Waals surface area contributed by atoms with Crippen molar-refractivity contribution >= 4 is 26.9 Å². The summed E-state index contributed by atoms with van der Waals surface area (Å²) in [5.74, 6) is 0.925. The van der Waals surface area contributed by atoms with Crippen molar-refractivity contribution in [3.8, 4) is 5.75 Å². The fourth-order valence-electron chi connectivity index (χ4n) is 0.702. The minimum atomic E-state index is -0.864. The van der Waals surface area contributed by atoms with Crippen LogP contribution >= 0.6 is 0 Å². The Hall–Kier alpha value is -0.137. The van der Waals surface area contributed by atoms with Crippen molar-refractivity contribution in [2.45, 2.75) is 0 Å². The van der Waals surface area contributed by atoms with Gasteiger partial charge < -0.3 is 0 Å². The summed E-state index contributed by atoms with van der Waals surface area (Å²) in [7, 11) is 0. The third-order valence-electron chi connectivity index (χ3n) is 1.13. The first kappa shape index (κ1) is 5.63. The molecule has 45 valence electrons. The van der Waals surface area contributed by atoms with Crippen molar-refractivity contribution in [3.63, 3.8) is 0 Å². The van der Waals surface area contributed by atoms with Crippen LogP contribution in [0, 0.1) is 0 Å². The van der Waals surface area contributed by atoms with Crippen molar-refractivity contribution in [1.29, 1.82) is 0 Å². The zero-order chi connectivity index (χ0) is 6.10. The van der Waals surface area contributed by atoms with Crippen LogP contribution in [0.2, 0.25) is 0 Å². The van der Waals surface area contributed by atoms with Gasteiger partial charge in [0.05, 0.1) is 0 Å². The number of rotatable bonds is 0. The Morgan fingerprint density at radius 1 is 1.22 bits per heavy atom. The van der Waals surface area contributed by atoms with E-state index in [-0.39, 0.29) is 0 Å². The summed E-state index contributed by atoms with van der Waals surface area (Å²) in [5.41, 5.74) is 0. The first-order chi connectivity index (χ1) is 4.47. The molecule has 2 nitrogen and oxygen atoms in total. The maximum atomic E-state index is 4.90. The normalized spacial score (nSPS) is 14.7. The van der Waals surface area contributed by atoms with E-state index in [1.807, 2.05) is 18.2 Å². The van der Waals surface area contributed by atoms with Gasteiger partial charge in [-0.1, -0.05) is 0 Å². The molecule has 0 spiro atoms. The first-order valence-electron chi connectivity index (χ1n) is 2.60. The summed E-state index contributed by atoms with van der Waals surface area (Å²) in [4.78, 5) is 4.88. The molecule has 0 bridgehead atoms. The van der Waals surface area contributed by atoms with Gasteiger partial charge in [-0.3, -0.25) is 0 Å². The van der Waals surface area contributed by atoms with Gasteiger partial charge >= 0.3 is 64.8 Å². The number of para-hydroxylation sites is 1. The molecular formula is C6H4BiO2. The molecule has 0 aliphatic carbocycles. The molecule has 0 saturated carbocycles. The van der Waals surface area contributed by atoms with Crippen LogP contribution in [0.1, 0.15) is 0 Å². The van der Waals surface area contributed by atoms with Crippen LogP contribution in [-0.2, 0) is 2.96 Å². The molecule has 1 aromatic rings. The predicted molar refractivity (Wildman–Crippen MR) is 33.5 cm³/mol. The van der Waals surface area contributed by atoms with E-state index in [1.165, 1.54) is 3.27 Å². The van der Waals surface area contributed by atoms with Gasteiger partial charge in [-0.15, -0.1) is 0 Å². The van der Waals surface area contributed by atoms with Crippen molar-refractivity contribution in [1.82, 2.24) is 0 Å². The summed E-state index contributed by atoms with van der Waals surface area (Å²) in [6.07, 6.45) is 0. The van der Waals surface area contributed by atoms with Crippen LogP contribution in [0.25, 0.3) is 0 Å². The van der Waals surface area contributed by atoms with Gasteiger partial charge in [0.2, 0.25) is 0 Å². The van der Waals surface area contributed by atoms with E-state index in [9.17, 15) is 0 Å². The van der Waals surface area contributed by atoms with E-state index in [0.29, 0.717) is 0 Å². The van der Waals surface area contributed by atoms with Crippen LogP contribution in [-0.4, -0.2) is 23.7 Å². The molecule has 0 unspecified atom stereocenters. The van der Waals surface area contributed by atoms with Crippen molar-refractivity contribution < 1.29 is 7.85 Å². The molecule has 9 heavy (non-hydrogen) atoms. The molecule has 1 aromatic carbocycles. The zero-order valence-electron chi connectivity index (χ0n) is 4.57. The Labute approximate surface area is 64.9 Å². The van der Waals surface area contributed by atoms with Crippen molar-refractivity contribution in [2.75, 3.05) is 0 Å². The Kier molecular flexibility index (Phi) is 1.40. The second-order valence-corrected chi connectivity index (χ2v) is 4.88. The van der Waals surface area contributed by atoms with E-state index in [2.05, 4.69) is 6.07 Å². The molecule has 1 heterocycles. The van der Waals surface area contributed by atoms with Gasteiger partial charge in [0.25, 0.3) is 0 Å². The molecular weight excluding hydrogens is 313 g/mol. The van der Waals surface area contributed by atoms with E-state index >= 15 is 0 Å². The fourth-order valence-corrected chi connectivity index (χ4v) is 2.83. The van der Waals surface area contributed by atoms with Crippen LogP contribution in [0.5, 0.6) is 5.75 Å². The Morgan fingerprint density at radius 2 is 2.11 bits per heavy atom. The maximum absolute atomic E-state index is 4.90. The number of hydrogen-bond donors (Lipinski definition) is 0. The average Bonchev–Trinajstić information content (AvgIpc) is 2.33. The van der Waals surface area contributed by atoms with Crippen molar-refractivity contribution in [2.24, 2.45) is 0 Å². The summed E-state index contributed by atoms with van der Waals surface area (Å²) >= 11 is -0.864. The summed E-state index contributed by atoms with van der Waals surface area (Å²) in [5, 5.41) is 0. The van der Waals surface area contributed by atoms with Crippen molar-refractivity contribution in [3.05, 3.63) is 24.3 Å². The monoisotopic (exact) mass is 317 g/mol. The van der Waals surface area contributed by atoms with E-state index in [4.69, 9.17) is 7.85 Å². The predicted octanol–water partition coefficient (Wildman–Crippen LogP) is 0.255. The second-order valence-electron chi connectivity index (χ2n) is 1.72.